The van der Waals surface area contributed by atoms with E-state index < -0.39 is 21.2 Å². The molecule has 0 saturated carbocycles. The Morgan fingerprint density at radius 3 is 2.68 bits per heavy atom. The van der Waals surface area contributed by atoms with E-state index in [1.807, 2.05) is 6.92 Å². The molecule has 0 spiro atoms. The van der Waals surface area contributed by atoms with E-state index in [0.717, 1.165) is 18.7 Å². The fourth-order valence-corrected chi connectivity index (χ4v) is 2.95. The second kappa shape index (κ2) is 6.04. The van der Waals surface area contributed by atoms with E-state index in [1.54, 1.807) is 6.92 Å². The summed E-state index contributed by atoms with van der Waals surface area (Å²) >= 11 is 5.57. The molecule has 19 heavy (non-hydrogen) atoms. The Bertz CT molecular complexity index is 595. The number of nitrogens with one attached hydrogen (secondary N) is 2. The van der Waals surface area contributed by atoms with Gasteiger partial charge in [0.05, 0.1) is 10.5 Å². The zero-order valence-corrected chi connectivity index (χ0v) is 12.3. The predicted octanol–water partition coefficient (Wildman–Crippen LogP) is 0.858. The van der Waals surface area contributed by atoms with Crippen molar-refractivity contribution < 1.29 is 13.5 Å². The van der Waals surface area contributed by atoms with Crippen LogP contribution in [-0.4, -0.2) is 30.7 Å². The van der Waals surface area contributed by atoms with Crippen molar-refractivity contribution in [3.8, 4) is 0 Å². The Kier molecular flexibility index (Phi) is 5.14. The molecule has 1 rings (SSSR count). The normalized spacial score (nSPS) is 15.2. The second-order valence-corrected chi connectivity index (χ2v) is 6.76. The molecule has 0 amide bonds. The molecule has 0 aliphatic rings. The molecule has 0 aromatic carbocycles. The van der Waals surface area contributed by atoms with E-state index >= 15 is 0 Å². The molecular weight excluding hydrogens is 292 g/mol. The third kappa shape index (κ3) is 4.61. The van der Waals surface area contributed by atoms with Crippen molar-refractivity contribution >= 4 is 21.6 Å². The van der Waals surface area contributed by atoms with Gasteiger partial charge in [-0.05, 0) is 19.4 Å². The van der Waals surface area contributed by atoms with Crippen LogP contribution in [0.1, 0.15) is 26.7 Å². The van der Waals surface area contributed by atoms with Crippen LogP contribution in [0.15, 0.2) is 22.0 Å². The van der Waals surface area contributed by atoms with Crippen LogP contribution in [-0.2, 0) is 10.0 Å². The van der Waals surface area contributed by atoms with Crippen LogP contribution in [0, 0.1) is 0 Å². The molecular formula is C11H17ClN2O4S. The molecule has 0 radical (unpaired) electrons. The molecule has 108 valence electrons. The minimum atomic E-state index is -3.82. The molecule has 8 heteroatoms. The van der Waals surface area contributed by atoms with Gasteiger partial charge in [0.1, 0.15) is 5.02 Å². The summed E-state index contributed by atoms with van der Waals surface area (Å²) < 4.78 is 26.2. The van der Waals surface area contributed by atoms with Gasteiger partial charge in [0, 0.05) is 12.7 Å². The number of aromatic nitrogens is 1. The average Bonchev–Trinajstić information content (AvgIpc) is 2.30. The summed E-state index contributed by atoms with van der Waals surface area (Å²) in [6.07, 6.45) is 2.27. The minimum absolute atomic E-state index is 0.111. The van der Waals surface area contributed by atoms with Crippen molar-refractivity contribution in [2.24, 2.45) is 0 Å². The van der Waals surface area contributed by atoms with Crippen molar-refractivity contribution in [2.75, 3.05) is 6.54 Å². The number of hydrogen-bond acceptors (Lipinski definition) is 4. The zero-order valence-electron chi connectivity index (χ0n) is 10.7. The van der Waals surface area contributed by atoms with Gasteiger partial charge in [0.2, 0.25) is 10.0 Å². The Labute approximate surface area is 116 Å². The number of pyridine rings is 1. The largest absolute Gasteiger partial charge is 0.389 e. The van der Waals surface area contributed by atoms with E-state index in [1.165, 1.54) is 0 Å². The molecule has 6 nitrogen and oxygen atoms in total. The van der Waals surface area contributed by atoms with Crippen molar-refractivity contribution in [1.29, 1.82) is 0 Å². The Morgan fingerprint density at radius 1 is 1.53 bits per heavy atom. The van der Waals surface area contributed by atoms with Gasteiger partial charge < -0.3 is 10.1 Å². The Morgan fingerprint density at radius 2 is 2.16 bits per heavy atom. The molecule has 1 heterocycles. The molecule has 1 aromatic rings. The van der Waals surface area contributed by atoms with Gasteiger partial charge in [-0.3, -0.25) is 4.79 Å². The SMILES string of the molecule is CCCC(C)(O)CNS(=O)(=O)c1c[nH]c(=O)c(Cl)c1. The Hall–Kier alpha value is -0.890. The summed E-state index contributed by atoms with van der Waals surface area (Å²) in [6, 6.07) is 1.07. The fourth-order valence-electron chi connectivity index (χ4n) is 1.55. The van der Waals surface area contributed by atoms with Gasteiger partial charge in [0.25, 0.3) is 5.56 Å². The van der Waals surface area contributed by atoms with E-state index in [0.29, 0.717) is 6.42 Å². The number of aliphatic hydroxyl groups is 1. The lowest BCUT2D eigenvalue weighted by molar-refractivity contribution is 0.0554. The summed E-state index contributed by atoms with van der Waals surface area (Å²) in [5.41, 5.74) is -1.67. The molecule has 0 fully saturated rings. The van der Waals surface area contributed by atoms with Gasteiger partial charge in [0.15, 0.2) is 0 Å². The van der Waals surface area contributed by atoms with E-state index in [-0.39, 0.29) is 16.5 Å². The first-order valence-electron chi connectivity index (χ1n) is 5.78. The van der Waals surface area contributed by atoms with E-state index in [9.17, 15) is 18.3 Å². The van der Waals surface area contributed by atoms with Gasteiger partial charge in [-0.1, -0.05) is 24.9 Å². The maximum Gasteiger partial charge on any atom is 0.266 e. The van der Waals surface area contributed by atoms with Gasteiger partial charge in [-0.15, -0.1) is 0 Å². The van der Waals surface area contributed by atoms with E-state index in [2.05, 4.69) is 9.71 Å². The minimum Gasteiger partial charge on any atom is -0.389 e. The highest BCUT2D eigenvalue weighted by Crippen LogP contribution is 2.14. The molecule has 0 aliphatic carbocycles. The van der Waals surface area contributed by atoms with Gasteiger partial charge >= 0.3 is 0 Å². The van der Waals surface area contributed by atoms with E-state index in [4.69, 9.17) is 11.6 Å². The first-order chi connectivity index (χ1) is 8.68. The molecule has 1 aromatic heterocycles. The maximum absolute atomic E-state index is 11.9. The monoisotopic (exact) mass is 308 g/mol. The fraction of sp³-hybridized carbons (Fsp3) is 0.545. The lowest BCUT2D eigenvalue weighted by atomic mass is 10.0. The number of aromatic amines is 1. The highest BCUT2D eigenvalue weighted by molar-refractivity contribution is 7.89. The average molecular weight is 309 g/mol. The number of rotatable bonds is 6. The zero-order chi connectivity index (χ0) is 14.7. The summed E-state index contributed by atoms with van der Waals surface area (Å²) in [4.78, 5) is 13.1. The van der Waals surface area contributed by atoms with Gasteiger partial charge in [-0.25, -0.2) is 13.1 Å². The predicted molar refractivity (Wildman–Crippen MR) is 72.8 cm³/mol. The topological polar surface area (TPSA) is 99.3 Å². The molecule has 1 unspecified atom stereocenters. The number of hydrogen-bond donors (Lipinski definition) is 3. The van der Waals surface area contributed by atoms with Crippen LogP contribution < -0.4 is 10.3 Å². The summed E-state index contributed by atoms with van der Waals surface area (Å²) in [5.74, 6) is 0. The van der Waals surface area contributed by atoms with Crippen LogP contribution in [0.25, 0.3) is 0 Å². The van der Waals surface area contributed by atoms with Crippen molar-refractivity contribution in [2.45, 2.75) is 37.2 Å². The second-order valence-electron chi connectivity index (χ2n) is 4.58. The number of H-pyrrole nitrogens is 1. The third-order valence-electron chi connectivity index (χ3n) is 2.57. The van der Waals surface area contributed by atoms with Crippen LogP contribution in [0.4, 0.5) is 0 Å². The van der Waals surface area contributed by atoms with Crippen LogP contribution in [0.5, 0.6) is 0 Å². The third-order valence-corrected chi connectivity index (χ3v) is 4.23. The summed E-state index contributed by atoms with van der Waals surface area (Å²) in [7, 11) is -3.82. The van der Waals surface area contributed by atoms with Crippen molar-refractivity contribution in [1.82, 2.24) is 9.71 Å². The van der Waals surface area contributed by atoms with Crippen molar-refractivity contribution in [3.63, 3.8) is 0 Å². The molecule has 0 aliphatic heterocycles. The van der Waals surface area contributed by atoms with Crippen LogP contribution in [0.2, 0.25) is 5.02 Å². The first kappa shape index (κ1) is 16.2. The molecule has 3 N–H and O–H groups in total. The molecule has 1 atom stereocenters. The lowest BCUT2D eigenvalue weighted by Crippen LogP contribution is -2.40. The Balaban J connectivity index is 2.87. The van der Waals surface area contributed by atoms with Crippen molar-refractivity contribution in [3.05, 3.63) is 27.6 Å². The summed E-state index contributed by atoms with van der Waals surface area (Å²) in [6.45, 7) is 3.34. The number of halogens is 1. The molecule has 0 saturated heterocycles. The van der Waals surface area contributed by atoms with Crippen LogP contribution in [0.3, 0.4) is 0 Å². The highest BCUT2D eigenvalue weighted by Gasteiger charge is 2.23. The smallest absolute Gasteiger partial charge is 0.266 e. The number of sulfonamides is 1. The quantitative estimate of drug-likeness (QED) is 0.725. The lowest BCUT2D eigenvalue weighted by Gasteiger charge is -2.22. The van der Waals surface area contributed by atoms with Crippen LogP contribution >= 0.6 is 11.6 Å². The highest BCUT2D eigenvalue weighted by atomic mass is 35.5. The maximum atomic E-state index is 11.9. The summed E-state index contributed by atoms with van der Waals surface area (Å²) in [5, 5.41) is 9.71. The first-order valence-corrected chi connectivity index (χ1v) is 7.64. The molecule has 0 bridgehead atoms. The van der Waals surface area contributed by atoms with Gasteiger partial charge in [-0.2, -0.15) is 0 Å². The standard InChI is InChI=1S/C11H17ClN2O4S/c1-3-4-11(2,16)7-14-19(17,18)8-5-9(12)10(15)13-6-8/h5-6,14,16H,3-4,7H2,1-2H3,(H,13,15).